The standard InChI is InChI=1S/C13H20N4O/c14-12-5-8-17(15-12)11-3-6-16(7-4-11)13(18)9-10-1-2-10/h5,8,10-11H,1-4,6-7,9H2,(H2,14,15). The minimum atomic E-state index is 0.343. The van der Waals surface area contributed by atoms with Gasteiger partial charge in [0.05, 0.1) is 6.04 Å². The highest BCUT2D eigenvalue weighted by molar-refractivity contribution is 5.76. The molecule has 0 bridgehead atoms. The maximum Gasteiger partial charge on any atom is 0.222 e. The average molecular weight is 248 g/mol. The Morgan fingerprint density at radius 1 is 1.33 bits per heavy atom. The molecule has 5 heteroatoms. The van der Waals surface area contributed by atoms with E-state index in [0.717, 1.165) is 32.4 Å². The van der Waals surface area contributed by atoms with Crippen molar-refractivity contribution in [1.29, 1.82) is 0 Å². The van der Waals surface area contributed by atoms with Gasteiger partial charge in [-0.3, -0.25) is 9.48 Å². The van der Waals surface area contributed by atoms with Gasteiger partial charge in [-0.05, 0) is 37.7 Å². The zero-order valence-electron chi connectivity index (χ0n) is 10.6. The van der Waals surface area contributed by atoms with Crippen LogP contribution in [0.1, 0.15) is 38.1 Å². The summed E-state index contributed by atoms with van der Waals surface area (Å²) in [7, 11) is 0. The molecule has 0 spiro atoms. The second-order valence-corrected chi connectivity index (χ2v) is 5.48. The van der Waals surface area contributed by atoms with E-state index in [0.29, 0.717) is 23.7 Å². The summed E-state index contributed by atoms with van der Waals surface area (Å²) in [5.41, 5.74) is 5.63. The van der Waals surface area contributed by atoms with Crippen LogP contribution in [0.3, 0.4) is 0 Å². The normalized spacial score (nSPS) is 21.2. The van der Waals surface area contributed by atoms with E-state index in [1.54, 1.807) is 0 Å². The van der Waals surface area contributed by atoms with Crippen molar-refractivity contribution in [2.75, 3.05) is 18.8 Å². The van der Waals surface area contributed by atoms with Gasteiger partial charge in [0.1, 0.15) is 5.82 Å². The summed E-state index contributed by atoms with van der Waals surface area (Å²) in [5, 5.41) is 4.25. The molecule has 2 N–H and O–H groups in total. The molecule has 0 atom stereocenters. The van der Waals surface area contributed by atoms with Crippen molar-refractivity contribution in [1.82, 2.24) is 14.7 Å². The molecule has 1 saturated carbocycles. The maximum atomic E-state index is 12.0. The Bertz CT molecular complexity index is 430. The SMILES string of the molecule is Nc1ccn(C2CCN(C(=O)CC3CC3)CC2)n1. The number of hydrogen-bond donors (Lipinski definition) is 1. The fourth-order valence-corrected chi connectivity index (χ4v) is 2.63. The number of carbonyl (C=O) groups excluding carboxylic acids is 1. The number of piperidine rings is 1. The monoisotopic (exact) mass is 248 g/mol. The van der Waals surface area contributed by atoms with Crippen molar-refractivity contribution < 1.29 is 4.79 Å². The van der Waals surface area contributed by atoms with Crippen LogP contribution in [-0.2, 0) is 4.79 Å². The molecule has 2 aliphatic rings. The molecule has 2 heterocycles. The summed E-state index contributed by atoms with van der Waals surface area (Å²) in [6, 6.07) is 2.22. The van der Waals surface area contributed by atoms with Crippen LogP contribution in [0.4, 0.5) is 5.82 Å². The van der Waals surface area contributed by atoms with Crippen LogP contribution < -0.4 is 5.73 Å². The molecule has 3 rings (SSSR count). The number of rotatable bonds is 3. The molecule has 1 aliphatic heterocycles. The number of nitrogens with zero attached hydrogens (tertiary/aromatic N) is 3. The number of nitrogen functional groups attached to an aromatic ring is 1. The van der Waals surface area contributed by atoms with E-state index in [4.69, 9.17) is 5.73 Å². The summed E-state index contributed by atoms with van der Waals surface area (Å²) in [4.78, 5) is 14.0. The van der Waals surface area contributed by atoms with Crippen molar-refractivity contribution in [3.63, 3.8) is 0 Å². The third kappa shape index (κ3) is 2.49. The van der Waals surface area contributed by atoms with E-state index in [1.807, 2.05) is 21.8 Å². The van der Waals surface area contributed by atoms with E-state index in [2.05, 4.69) is 5.10 Å². The van der Waals surface area contributed by atoms with Crippen molar-refractivity contribution in [2.24, 2.45) is 5.92 Å². The van der Waals surface area contributed by atoms with Crippen molar-refractivity contribution in [3.8, 4) is 0 Å². The maximum absolute atomic E-state index is 12.0. The van der Waals surface area contributed by atoms with Crippen LogP contribution in [0.2, 0.25) is 0 Å². The van der Waals surface area contributed by atoms with Gasteiger partial charge in [-0.15, -0.1) is 0 Å². The molecule has 1 aromatic heterocycles. The molecule has 0 radical (unpaired) electrons. The first-order valence-electron chi connectivity index (χ1n) is 6.81. The van der Waals surface area contributed by atoms with Crippen LogP contribution in [0.25, 0.3) is 0 Å². The van der Waals surface area contributed by atoms with Gasteiger partial charge in [-0.25, -0.2) is 0 Å². The van der Waals surface area contributed by atoms with Crippen LogP contribution in [0.5, 0.6) is 0 Å². The number of hydrogen-bond acceptors (Lipinski definition) is 3. The number of nitrogens with two attached hydrogens (primary N) is 1. The van der Waals surface area contributed by atoms with E-state index >= 15 is 0 Å². The van der Waals surface area contributed by atoms with Gasteiger partial charge >= 0.3 is 0 Å². The van der Waals surface area contributed by atoms with Crippen molar-refractivity contribution in [2.45, 2.75) is 38.1 Å². The number of amides is 1. The largest absolute Gasteiger partial charge is 0.382 e. The highest BCUT2D eigenvalue weighted by Gasteiger charge is 2.29. The predicted molar refractivity (Wildman–Crippen MR) is 68.8 cm³/mol. The van der Waals surface area contributed by atoms with Crippen LogP contribution >= 0.6 is 0 Å². The lowest BCUT2D eigenvalue weighted by Crippen LogP contribution is -2.39. The Hall–Kier alpha value is -1.52. The van der Waals surface area contributed by atoms with E-state index < -0.39 is 0 Å². The summed E-state index contributed by atoms with van der Waals surface area (Å²) in [6.45, 7) is 1.71. The predicted octanol–water partition coefficient (Wildman–Crippen LogP) is 1.43. The van der Waals surface area contributed by atoms with Gasteiger partial charge in [0.25, 0.3) is 0 Å². The summed E-state index contributed by atoms with van der Waals surface area (Å²) in [5.74, 6) is 1.60. The van der Waals surface area contributed by atoms with Crippen LogP contribution in [0.15, 0.2) is 12.3 Å². The Labute approximate surface area is 107 Å². The molecule has 2 fully saturated rings. The summed E-state index contributed by atoms with van der Waals surface area (Å²) in [6.07, 6.45) is 7.15. The lowest BCUT2D eigenvalue weighted by atomic mass is 10.0. The van der Waals surface area contributed by atoms with Crippen molar-refractivity contribution >= 4 is 11.7 Å². The first-order valence-corrected chi connectivity index (χ1v) is 6.81. The fraction of sp³-hybridized carbons (Fsp3) is 0.692. The number of aromatic nitrogens is 2. The molecule has 5 nitrogen and oxygen atoms in total. The van der Waals surface area contributed by atoms with E-state index in [1.165, 1.54) is 12.8 Å². The highest BCUT2D eigenvalue weighted by Crippen LogP contribution is 2.33. The van der Waals surface area contributed by atoms with Gasteiger partial charge in [0.15, 0.2) is 0 Å². The first kappa shape index (κ1) is 11.6. The zero-order chi connectivity index (χ0) is 12.5. The summed E-state index contributed by atoms with van der Waals surface area (Å²) < 4.78 is 1.94. The zero-order valence-corrected chi connectivity index (χ0v) is 10.6. The van der Waals surface area contributed by atoms with Gasteiger partial charge in [-0.1, -0.05) is 0 Å². The molecule has 1 aliphatic carbocycles. The lowest BCUT2D eigenvalue weighted by Gasteiger charge is -2.32. The molecule has 1 saturated heterocycles. The molecule has 18 heavy (non-hydrogen) atoms. The lowest BCUT2D eigenvalue weighted by molar-refractivity contribution is -0.132. The number of anilines is 1. The Balaban J connectivity index is 1.52. The van der Waals surface area contributed by atoms with Crippen LogP contribution in [0, 0.1) is 5.92 Å². The van der Waals surface area contributed by atoms with Gasteiger partial charge < -0.3 is 10.6 Å². The van der Waals surface area contributed by atoms with Crippen molar-refractivity contribution in [3.05, 3.63) is 12.3 Å². The Kier molecular flexibility index (Phi) is 2.97. The molecular formula is C13H20N4O. The van der Waals surface area contributed by atoms with E-state index in [-0.39, 0.29) is 0 Å². The molecule has 0 aromatic carbocycles. The van der Waals surface area contributed by atoms with Gasteiger partial charge in [-0.2, -0.15) is 5.10 Å². The molecule has 98 valence electrons. The third-order valence-electron chi connectivity index (χ3n) is 3.98. The highest BCUT2D eigenvalue weighted by atomic mass is 16.2. The minimum Gasteiger partial charge on any atom is -0.382 e. The van der Waals surface area contributed by atoms with Gasteiger partial charge in [0.2, 0.25) is 5.91 Å². The molecule has 0 unspecified atom stereocenters. The number of carbonyl (C=O) groups is 1. The topological polar surface area (TPSA) is 64.2 Å². The number of likely N-dealkylation sites (tertiary alicyclic amines) is 1. The molecule has 1 aromatic rings. The minimum absolute atomic E-state index is 0.343. The van der Waals surface area contributed by atoms with E-state index in [9.17, 15) is 4.79 Å². The first-order chi connectivity index (χ1) is 8.72. The van der Waals surface area contributed by atoms with Crippen LogP contribution in [-0.4, -0.2) is 33.7 Å². The second kappa shape index (κ2) is 4.63. The fourth-order valence-electron chi connectivity index (χ4n) is 2.63. The average Bonchev–Trinajstić information content (AvgIpc) is 3.09. The summed E-state index contributed by atoms with van der Waals surface area (Å²) >= 11 is 0. The Morgan fingerprint density at radius 2 is 2.06 bits per heavy atom. The molecular weight excluding hydrogens is 228 g/mol. The Morgan fingerprint density at radius 3 is 2.61 bits per heavy atom. The van der Waals surface area contributed by atoms with Gasteiger partial charge in [0, 0.05) is 25.7 Å². The second-order valence-electron chi connectivity index (χ2n) is 5.48. The molecule has 1 amide bonds. The quantitative estimate of drug-likeness (QED) is 0.880. The third-order valence-corrected chi connectivity index (χ3v) is 3.98. The smallest absolute Gasteiger partial charge is 0.222 e.